The summed E-state index contributed by atoms with van der Waals surface area (Å²) in [6.45, 7) is 0.985. The van der Waals surface area contributed by atoms with Gasteiger partial charge >= 0.3 is 0 Å². The first-order valence-electron chi connectivity index (χ1n) is 9.74. The van der Waals surface area contributed by atoms with Gasteiger partial charge in [0.25, 0.3) is 0 Å². The minimum Gasteiger partial charge on any atom is -0.385 e. The fourth-order valence-corrected chi connectivity index (χ4v) is 4.97. The van der Waals surface area contributed by atoms with Gasteiger partial charge in [-0.1, -0.05) is 55.7 Å². The van der Waals surface area contributed by atoms with Gasteiger partial charge in [-0.15, -0.1) is 0 Å². The molecule has 2 heteroatoms. The molecule has 0 radical (unpaired) electrons. The lowest BCUT2D eigenvalue weighted by Crippen LogP contribution is -2.52. The Morgan fingerprint density at radius 2 is 1.75 bits per heavy atom. The van der Waals surface area contributed by atoms with Crippen molar-refractivity contribution in [2.75, 3.05) is 20.6 Å². The van der Waals surface area contributed by atoms with Crippen molar-refractivity contribution in [3.05, 3.63) is 41.5 Å². The van der Waals surface area contributed by atoms with E-state index < -0.39 is 5.60 Å². The van der Waals surface area contributed by atoms with Crippen molar-refractivity contribution in [2.24, 2.45) is 11.8 Å². The summed E-state index contributed by atoms with van der Waals surface area (Å²) in [7, 11) is 4.27. The molecule has 2 atom stereocenters. The highest BCUT2D eigenvalue weighted by atomic mass is 16.3. The van der Waals surface area contributed by atoms with Crippen LogP contribution in [0.25, 0.3) is 6.08 Å². The Morgan fingerprint density at radius 1 is 1.04 bits per heavy atom. The molecule has 0 amide bonds. The van der Waals surface area contributed by atoms with Crippen molar-refractivity contribution in [1.29, 1.82) is 0 Å². The summed E-state index contributed by atoms with van der Waals surface area (Å²) in [5.41, 5.74) is 1.91. The molecule has 0 saturated heterocycles. The van der Waals surface area contributed by atoms with Gasteiger partial charge in [0, 0.05) is 12.5 Å². The monoisotopic (exact) mass is 327 g/mol. The highest BCUT2D eigenvalue weighted by Crippen LogP contribution is 2.48. The summed E-state index contributed by atoms with van der Waals surface area (Å²) in [6, 6.07) is 10.6. The van der Waals surface area contributed by atoms with Crippen LogP contribution in [0.3, 0.4) is 0 Å². The van der Waals surface area contributed by atoms with E-state index in [9.17, 15) is 5.11 Å². The van der Waals surface area contributed by atoms with Gasteiger partial charge in [0.15, 0.2) is 0 Å². The summed E-state index contributed by atoms with van der Waals surface area (Å²) in [4.78, 5) is 2.25. The quantitative estimate of drug-likeness (QED) is 0.863. The minimum atomic E-state index is -0.612. The highest BCUT2D eigenvalue weighted by molar-refractivity contribution is 5.56. The molecule has 132 valence electrons. The van der Waals surface area contributed by atoms with Crippen molar-refractivity contribution in [1.82, 2.24) is 4.90 Å². The van der Waals surface area contributed by atoms with Gasteiger partial charge in [-0.05, 0) is 63.3 Å². The van der Waals surface area contributed by atoms with Crippen LogP contribution in [0.2, 0.25) is 0 Å². The first-order valence-corrected chi connectivity index (χ1v) is 9.74. The van der Waals surface area contributed by atoms with Crippen LogP contribution in [0, 0.1) is 11.8 Å². The first-order chi connectivity index (χ1) is 11.6. The Bertz CT molecular complexity index is 544. The number of nitrogens with zero attached hydrogens (tertiary/aromatic N) is 1. The van der Waals surface area contributed by atoms with Crippen LogP contribution in [-0.4, -0.2) is 36.2 Å². The SMILES string of the molecule is CN(C)CC1CCC/C(=C/c2ccccc2)C1(O)C1CCCCC1. The smallest absolute Gasteiger partial charge is 0.0928 e. The van der Waals surface area contributed by atoms with Crippen LogP contribution in [0.5, 0.6) is 0 Å². The van der Waals surface area contributed by atoms with Gasteiger partial charge < -0.3 is 10.0 Å². The van der Waals surface area contributed by atoms with Crippen LogP contribution in [0.1, 0.15) is 56.9 Å². The normalized spacial score (nSPS) is 30.8. The maximum atomic E-state index is 12.0. The average Bonchev–Trinajstić information content (AvgIpc) is 2.60. The third-order valence-corrected chi connectivity index (χ3v) is 6.09. The second kappa shape index (κ2) is 7.84. The van der Waals surface area contributed by atoms with Gasteiger partial charge in [-0.3, -0.25) is 0 Å². The molecular formula is C22H33NO. The van der Waals surface area contributed by atoms with Crippen molar-refractivity contribution >= 4 is 6.08 Å². The highest BCUT2D eigenvalue weighted by Gasteiger charge is 2.48. The zero-order valence-electron chi connectivity index (χ0n) is 15.4. The van der Waals surface area contributed by atoms with Crippen LogP contribution >= 0.6 is 0 Å². The van der Waals surface area contributed by atoms with Crippen molar-refractivity contribution in [3.8, 4) is 0 Å². The molecule has 2 unspecified atom stereocenters. The molecular weight excluding hydrogens is 294 g/mol. The molecule has 2 saturated carbocycles. The van der Waals surface area contributed by atoms with E-state index in [2.05, 4.69) is 55.4 Å². The Morgan fingerprint density at radius 3 is 2.42 bits per heavy atom. The van der Waals surface area contributed by atoms with Crippen molar-refractivity contribution < 1.29 is 5.11 Å². The predicted molar refractivity (Wildman–Crippen MR) is 102 cm³/mol. The largest absolute Gasteiger partial charge is 0.385 e. The van der Waals surface area contributed by atoms with Gasteiger partial charge in [0.1, 0.15) is 0 Å². The molecule has 1 aromatic carbocycles. The van der Waals surface area contributed by atoms with Crippen LogP contribution in [-0.2, 0) is 0 Å². The van der Waals surface area contributed by atoms with Crippen LogP contribution < -0.4 is 0 Å². The molecule has 2 aliphatic rings. The second-order valence-corrected chi connectivity index (χ2v) is 8.09. The predicted octanol–water partition coefficient (Wildman–Crippen LogP) is 4.74. The standard InChI is InChI=1S/C22H33NO/c1-23(2)17-21-15-9-14-20(16-18-10-5-3-6-11-18)22(21,24)19-12-7-4-8-13-19/h3,5-6,10-11,16,19,21,24H,4,7-9,12-15,17H2,1-2H3/b20-16-. The zero-order valence-corrected chi connectivity index (χ0v) is 15.4. The van der Waals surface area contributed by atoms with Gasteiger partial charge in [0.05, 0.1) is 5.60 Å². The molecule has 1 N–H and O–H groups in total. The fourth-order valence-electron chi connectivity index (χ4n) is 4.97. The number of hydrogen-bond acceptors (Lipinski definition) is 2. The summed E-state index contributed by atoms with van der Waals surface area (Å²) >= 11 is 0. The lowest BCUT2D eigenvalue weighted by molar-refractivity contribution is -0.0706. The minimum absolute atomic E-state index is 0.360. The molecule has 2 nitrogen and oxygen atoms in total. The lowest BCUT2D eigenvalue weighted by Gasteiger charge is -2.49. The Labute approximate surface area is 147 Å². The van der Waals surface area contributed by atoms with E-state index >= 15 is 0 Å². The summed E-state index contributed by atoms with van der Waals surface area (Å²) in [5.74, 6) is 0.797. The molecule has 0 aliphatic heterocycles. The Balaban J connectivity index is 1.96. The maximum Gasteiger partial charge on any atom is 0.0928 e. The van der Waals surface area contributed by atoms with Crippen molar-refractivity contribution in [2.45, 2.75) is 57.0 Å². The molecule has 3 rings (SSSR count). The molecule has 0 bridgehead atoms. The lowest BCUT2D eigenvalue weighted by atomic mass is 9.61. The second-order valence-electron chi connectivity index (χ2n) is 8.09. The summed E-state index contributed by atoms with van der Waals surface area (Å²) in [5, 5.41) is 12.0. The van der Waals surface area contributed by atoms with E-state index in [0.717, 1.165) is 19.4 Å². The van der Waals surface area contributed by atoms with Gasteiger partial charge in [-0.25, -0.2) is 0 Å². The van der Waals surface area contributed by atoms with E-state index in [0.29, 0.717) is 11.8 Å². The van der Waals surface area contributed by atoms with Gasteiger partial charge in [-0.2, -0.15) is 0 Å². The third-order valence-electron chi connectivity index (χ3n) is 6.09. The number of hydrogen-bond donors (Lipinski definition) is 1. The zero-order chi connectivity index (χ0) is 17.0. The molecule has 2 aliphatic carbocycles. The van der Waals surface area contributed by atoms with Gasteiger partial charge in [0.2, 0.25) is 0 Å². The summed E-state index contributed by atoms with van der Waals surface area (Å²) < 4.78 is 0. The maximum absolute atomic E-state index is 12.0. The Hall–Kier alpha value is -1.12. The summed E-state index contributed by atoms with van der Waals surface area (Å²) in [6.07, 6.45) is 12.0. The van der Waals surface area contributed by atoms with E-state index in [4.69, 9.17) is 0 Å². The van der Waals surface area contributed by atoms with Crippen molar-refractivity contribution in [3.63, 3.8) is 0 Å². The topological polar surface area (TPSA) is 23.5 Å². The molecule has 0 aromatic heterocycles. The molecule has 2 fully saturated rings. The average molecular weight is 328 g/mol. The van der Waals surface area contributed by atoms with Crippen LogP contribution in [0.4, 0.5) is 0 Å². The van der Waals surface area contributed by atoms with Crippen LogP contribution in [0.15, 0.2) is 35.9 Å². The number of benzene rings is 1. The fraction of sp³-hybridized carbons (Fsp3) is 0.636. The number of rotatable bonds is 4. The third kappa shape index (κ3) is 3.75. The molecule has 24 heavy (non-hydrogen) atoms. The molecule has 0 heterocycles. The Kier molecular flexibility index (Phi) is 5.78. The number of aliphatic hydroxyl groups is 1. The van der Waals surface area contributed by atoms with E-state index in [1.165, 1.54) is 49.7 Å². The van der Waals surface area contributed by atoms with E-state index in [1.807, 2.05) is 0 Å². The van der Waals surface area contributed by atoms with E-state index in [1.54, 1.807) is 0 Å². The van der Waals surface area contributed by atoms with E-state index in [-0.39, 0.29) is 0 Å². The first kappa shape index (κ1) is 17.7. The molecule has 1 aromatic rings. The molecule has 0 spiro atoms.